The molecule has 0 amide bonds. The van der Waals surface area contributed by atoms with Crippen LogP contribution in [0.5, 0.6) is 0 Å². The van der Waals surface area contributed by atoms with Gasteiger partial charge in [0.25, 0.3) is 0 Å². The number of pyridine rings is 1. The second-order valence-electron chi connectivity index (χ2n) is 4.17. The van der Waals surface area contributed by atoms with Gasteiger partial charge in [0.05, 0.1) is 11.6 Å². The Balaban J connectivity index is 2.01. The van der Waals surface area contributed by atoms with Crippen LogP contribution in [0.1, 0.15) is 11.3 Å². The lowest BCUT2D eigenvalue weighted by Crippen LogP contribution is -2.13. The quantitative estimate of drug-likeness (QED) is 0.752. The first-order valence-corrected chi connectivity index (χ1v) is 6.28. The first-order chi connectivity index (χ1) is 8.38. The van der Waals surface area contributed by atoms with Crippen LogP contribution in [0, 0.1) is 0 Å². The Kier molecular flexibility index (Phi) is 2.73. The molecule has 1 aliphatic heterocycles. The van der Waals surface area contributed by atoms with E-state index in [4.69, 9.17) is 11.6 Å². The van der Waals surface area contributed by atoms with Crippen molar-refractivity contribution in [1.29, 1.82) is 0 Å². The molecule has 0 radical (unpaired) electrons. The van der Waals surface area contributed by atoms with Crippen molar-refractivity contribution in [2.24, 2.45) is 0 Å². The number of rotatable bonds is 2. The van der Waals surface area contributed by atoms with Crippen molar-refractivity contribution in [3.8, 4) is 0 Å². The molecule has 1 aromatic heterocycles. The molecule has 0 spiro atoms. The number of anilines is 2. The zero-order chi connectivity index (χ0) is 11.7. The average Bonchev–Trinajstić information content (AvgIpc) is 2.82. The van der Waals surface area contributed by atoms with E-state index < -0.39 is 0 Å². The van der Waals surface area contributed by atoms with Gasteiger partial charge >= 0.3 is 0 Å². The molecule has 0 atom stereocenters. The average molecular weight is 245 g/mol. The number of benzene rings is 1. The molecule has 2 nitrogen and oxygen atoms in total. The van der Waals surface area contributed by atoms with Crippen LogP contribution >= 0.6 is 11.6 Å². The monoisotopic (exact) mass is 244 g/mol. The zero-order valence-electron chi connectivity index (χ0n) is 9.44. The summed E-state index contributed by atoms with van der Waals surface area (Å²) in [5.41, 5.74) is 4.82. The number of fused-ring (bicyclic) bond motifs is 1. The van der Waals surface area contributed by atoms with Crippen molar-refractivity contribution in [2.45, 2.75) is 12.3 Å². The highest BCUT2D eigenvalue weighted by atomic mass is 35.5. The van der Waals surface area contributed by atoms with Gasteiger partial charge < -0.3 is 4.90 Å². The molecule has 0 aliphatic carbocycles. The molecule has 0 fully saturated rings. The summed E-state index contributed by atoms with van der Waals surface area (Å²) in [5.74, 6) is 0.462. The van der Waals surface area contributed by atoms with Gasteiger partial charge in [0, 0.05) is 24.1 Å². The molecular formula is C14H13ClN2. The van der Waals surface area contributed by atoms with Crippen molar-refractivity contribution in [3.63, 3.8) is 0 Å². The molecule has 3 heteroatoms. The minimum atomic E-state index is 0.462. The van der Waals surface area contributed by atoms with Gasteiger partial charge in [-0.3, -0.25) is 4.98 Å². The van der Waals surface area contributed by atoms with Crippen molar-refractivity contribution in [1.82, 2.24) is 4.98 Å². The fourth-order valence-corrected chi connectivity index (χ4v) is 2.46. The van der Waals surface area contributed by atoms with Crippen LogP contribution < -0.4 is 4.90 Å². The molecule has 0 saturated carbocycles. The predicted octanol–water partition coefficient (Wildman–Crippen LogP) is 3.51. The molecule has 1 aromatic carbocycles. The lowest BCUT2D eigenvalue weighted by molar-refractivity contribution is 0.991. The zero-order valence-corrected chi connectivity index (χ0v) is 10.2. The number of nitrogens with zero attached hydrogens (tertiary/aromatic N) is 2. The number of alkyl halides is 1. The Morgan fingerprint density at radius 3 is 3.00 bits per heavy atom. The first kappa shape index (κ1) is 10.6. The van der Waals surface area contributed by atoms with Gasteiger partial charge in [-0.05, 0) is 30.2 Å². The van der Waals surface area contributed by atoms with Crippen molar-refractivity contribution in [3.05, 3.63) is 53.9 Å². The smallest absolute Gasteiger partial charge is 0.0648 e. The minimum Gasteiger partial charge on any atom is -0.341 e. The molecule has 1 aliphatic rings. The number of hydrogen-bond acceptors (Lipinski definition) is 2. The molecular weight excluding hydrogens is 232 g/mol. The standard InChI is InChI=1S/C14H13ClN2/c15-10-12-9-13(5-7-16-12)17-8-6-11-3-1-2-4-14(11)17/h1-5,7,9H,6,8,10H2. The Morgan fingerprint density at radius 1 is 1.24 bits per heavy atom. The number of halogens is 1. The second kappa shape index (κ2) is 4.38. The van der Waals surface area contributed by atoms with Crippen molar-refractivity contribution in [2.75, 3.05) is 11.4 Å². The van der Waals surface area contributed by atoms with Gasteiger partial charge in [-0.2, -0.15) is 0 Å². The Morgan fingerprint density at radius 2 is 2.12 bits per heavy atom. The van der Waals surface area contributed by atoms with Crippen LogP contribution in [0.15, 0.2) is 42.6 Å². The SMILES string of the molecule is ClCc1cc(N2CCc3ccccc32)ccn1. The summed E-state index contributed by atoms with van der Waals surface area (Å²) in [4.78, 5) is 6.55. The molecule has 17 heavy (non-hydrogen) atoms. The van der Waals surface area contributed by atoms with Crippen LogP contribution in [0.25, 0.3) is 0 Å². The summed E-state index contributed by atoms with van der Waals surface area (Å²) in [6.07, 6.45) is 2.93. The maximum absolute atomic E-state index is 5.82. The van der Waals surface area contributed by atoms with Crippen LogP contribution in [0.3, 0.4) is 0 Å². The van der Waals surface area contributed by atoms with E-state index in [1.165, 1.54) is 16.9 Å². The van der Waals surface area contributed by atoms with Gasteiger partial charge in [0.2, 0.25) is 0 Å². The third kappa shape index (κ3) is 1.89. The number of para-hydroxylation sites is 1. The van der Waals surface area contributed by atoms with E-state index in [0.29, 0.717) is 5.88 Å². The summed E-state index contributed by atoms with van der Waals surface area (Å²) >= 11 is 5.82. The van der Waals surface area contributed by atoms with E-state index in [9.17, 15) is 0 Å². The van der Waals surface area contributed by atoms with Gasteiger partial charge in [-0.1, -0.05) is 18.2 Å². The van der Waals surface area contributed by atoms with E-state index in [-0.39, 0.29) is 0 Å². The normalized spacial score (nSPS) is 13.8. The largest absolute Gasteiger partial charge is 0.341 e. The topological polar surface area (TPSA) is 16.1 Å². The molecule has 3 rings (SSSR count). The van der Waals surface area contributed by atoms with E-state index in [2.05, 4.69) is 40.2 Å². The third-order valence-corrected chi connectivity index (χ3v) is 3.41. The minimum absolute atomic E-state index is 0.462. The molecule has 0 saturated heterocycles. The molecule has 0 unspecified atom stereocenters. The van der Waals surface area contributed by atoms with Crippen molar-refractivity contribution >= 4 is 23.0 Å². The van der Waals surface area contributed by atoms with Crippen LogP contribution in [-0.2, 0) is 12.3 Å². The highest BCUT2D eigenvalue weighted by Gasteiger charge is 2.19. The Bertz CT molecular complexity index is 539. The predicted molar refractivity (Wildman–Crippen MR) is 70.9 cm³/mol. The van der Waals surface area contributed by atoms with E-state index >= 15 is 0 Å². The first-order valence-electron chi connectivity index (χ1n) is 5.75. The Labute approximate surface area is 106 Å². The molecule has 0 bridgehead atoms. The van der Waals surface area contributed by atoms with E-state index in [0.717, 1.165) is 18.7 Å². The number of aromatic nitrogens is 1. The van der Waals surface area contributed by atoms with Gasteiger partial charge in [-0.25, -0.2) is 0 Å². The highest BCUT2D eigenvalue weighted by molar-refractivity contribution is 6.16. The lowest BCUT2D eigenvalue weighted by Gasteiger charge is -2.19. The maximum Gasteiger partial charge on any atom is 0.0648 e. The van der Waals surface area contributed by atoms with E-state index in [1.807, 2.05) is 12.3 Å². The number of hydrogen-bond donors (Lipinski definition) is 0. The van der Waals surface area contributed by atoms with Gasteiger partial charge in [0.1, 0.15) is 0 Å². The Hall–Kier alpha value is -1.54. The summed E-state index contributed by atoms with van der Waals surface area (Å²) in [7, 11) is 0. The van der Waals surface area contributed by atoms with E-state index in [1.54, 1.807) is 0 Å². The summed E-state index contributed by atoms with van der Waals surface area (Å²) < 4.78 is 0. The van der Waals surface area contributed by atoms with Crippen molar-refractivity contribution < 1.29 is 0 Å². The fourth-order valence-electron chi connectivity index (χ4n) is 2.31. The van der Waals surface area contributed by atoms with Crippen LogP contribution in [-0.4, -0.2) is 11.5 Å². The summed E-state index contributed by atoms with van der Waals surface area (Å²) in [5, 5.41) is 0. The second-order valence-corrected chi connectivity index (χ2v) is 4.44. The maximum atomic E-state index is 5.82. The fraction of sp³-hybridized carbons (Fsp3) is 0.214. The highest BCUT2D eigenvalue weighted by Crippen LogP contribution is 2.34. The molecule has 86 valence electrons. The lowest BCUT2D eigenvalue weighted by atomic mass is 10.2. The van der Waals surface area contributed by atoms with Gasteiger partial charge in [-0.15, -0.1) is 11.6 Å². The molecule has 0 N–H and O–H groups in total. The third-order valence-electron chi connectivity index (χ3n) is 3.14. The van der Waals surface area contributed by atoms with Crippen LogP contribution in [0.2, 0.25) is 0 Å². The van der Waals surface area contributed by atoms with Gasteiger partial charge in [0.15, 0.2) is 0 Å². The summed E-state index contributed by atoms with van der Waals surface area (Å²) in [6.45, 7) is 1.03. The molecule has 2 heterocycles. The van der Waals surface area contributed by atoms with Crippen LogP contribution in [0.4, 0.5) is 11.4 Å². The molecule has 2 aromatic rings. The summed E-state index contributed by atoms with van der Waals surface area (Å²) in [6, 6.07) is 12.6.